The van der Waals surface area contributed by atoms with Crippen LogP contribution in [0.2, 0.25) is 0 Å². The van der Waals surface area contributed by atoms with Crippen LogP contribution in [0.4, 0.5) is 15.9 Å². The Morgan fingerprint density at radius 1 is 1.38 bits per heavy atom. The Kier molecular flexibility index (Phi) is 6.19. The number of hydrogen-bond donors (Lipinski definition) is 2. The Morgan fingerprint density at radius 3 is 2.94 bits per heavy atom. The number of benzene rings is 1. The van der Waals surface area contributed by atoms with E-state index in [4.69, 9.17) is 15.2 Å². The van der Waals surface area contributed by atoms with Gasteiger partial charge >= 0.3 is 0 Å². The fourth-order valence-electron chi connectivity index (χ4n) is 3.67. The van der Waals surface area contributed by atoms with E-state index in [1.54, 1.807) is 17.9 Å². The zero-order chi connectivity index (χ0) is 22.8. The van der Waals surface area contributed by atoms with Crippen molar-refractivity contribution in [2.24, 2.45) is 5.73 Å². The number of thiophene rings is 1. The van der Waals surface area contributed by atoms with Gasteiger partial charge in [0.25, 0.3) is 5.91 Å². The molecule has 0 radical (unpaired) electrons. The number of carbonyl (C=O) groups excluding carboxylic acids is 2. The quantitative estimate of drug-likeness (QED) is 0.557. The maximum absolute atomic E-state index is 14.0. The average molecular weight is 460 g/mol. The number of methoxy groups -OCH3 is 1. The van der Waals surface area contributed by atoms with Gasteiger partial charge in [-0.05, 0) is 24.6 Å². The molecule has 1 unspecified atom stereocenters. The number of nitrogens with one attached hydrogen (secondary N) is 1. The molecule has 168 valence electrons. The SMILES string of the molecule is COCC(=O)N1CCC(Oc2cc(F)ccc2Nc2ncnc3sc(C(N)=O)c(C)c23)C1. The van der Waals surface area contributed by atoms with Crippen LogP contribution in [0.1, 0.15) is 21.7 Å². The van der Waals surface area contributed by atoms with Crippen molar-refractivity contribution in [3.63, 3.8) is 0 Å². The normalized spacial score (nSPS) is 15.8. The first-order chi connectivity index (χ1) is 15.4. The number of aryl methyl sites for hydroxylation is 1. The van der Waals surface area contributed by atoms with Crippen molar-refractivity contribution in [3.8, 4) is 5.75 Å². The molecule has 9 nitrogen and oxygen atoms in total. The minimum Gasteiger partial charge on any atom is -0.486 e. The van der Waals surface area contributed by atoms with Gasteiger partial charge in [-0.3, -0.25) is 9.59 Å². The largest absolute Gasteiger partial charge is 0.486 e. The van der Waals surface area contributed by atoms with Crippen molar-refractivity contribution in [2.75, 3.05) is 32.1 Å². The summed E-state index contributed by atoms with van der Waals surface area (Å²) in [6.45, 7) is 2.72. The van der Waals surface area contributed by atoms with Crippen molar-refractivity contribution in [1.82, 2.24) is 14.9 Å². The molecule has 3 N–H and O–H groups in total. The summed E-state index contributed by atoms with van der Waals surface area (Å²) in [4.78, 5) is 35.0. The lowest BCUT2D eigenvalue weighted by Crippen LogP contribution is -2.33. The van der Waals surface area contributed by atoms with Gasteiger partial charge in [0, 0.05) is 26.1 Å². The minimum atomic E-state index is -0.531. The molecule has 1 fully saturated rings. The predicted octanol–water partition coefficient (Wildman–Crippen LogP) is 2.61. The molecule has 1 aromatic carbocycles. The average Bonchev–Trinajstić information content (AvgIpc) is 3.35. The van der Waals surface area contributed by atoms with Crippen LogP contribution in [-0.2, 0) is 9.53 Å². The number of anilines is 2. The second-order valence-electron chi connectivity index (χ2n) is 7.39. The molecule has 3 heterocycles. The second kappa shape index (κ2) is 9.05. The van der Waals surface area contributed by atoms with E-state index in [-0.39, 0.29) is 18.6 Å². The predicted molar refractivity (Wildman–Crippen MR) is 118 cm³/mol. The molecule has 4 rings (SSSR count). The lowest BCUT2D eigenvalue weighted by molar-refractivity contribution is -0.134. The van der Waals surface area contributed by atoms with Crippen molar-refractivity contribution in [3.05, 3.63) is 40.8 Å². The van der Waals surface area contributed by atoms with E-state index in [2.05, 4.69) is 15.3 Å². The number of halogens is 1. The number of carbonyl (C=O) groups is 2. The third-order valence-corrected chi connectivity index (χ3v) is 6.42. The van der Waals surface area contributed by atoms with Crippen LogP contribution < -0.4 is 15.8 Å². The van der Waals surface area contributed by atoms with Gasteiger partial charge in [-0.25, -0.2) is 14.4 Å². The molecule has 0 bridgehead atoms. The Balaban J connectivity index is 1.60. The standard InChI is InChI=1S/C21H22FN5O4S/c1-11-17-20(24-10-25-21(17)32-18(11)19(23)29)26-14-4-3-12(22)7-15(14)31-13-5-6-27(8-13)16(28)9-30-2/h3-4,7,10,13H,5-6,8-9H2,1-2H3,(H2,23,29)(H,24,25,26). The van der Waals surface area contributed by atoms with E-state index in [0.717, 1.165) is 0 Å². The van der Waals surface area contributed by atoms with Crippen LogP contribution in [0.25, 0.3) is 10.2 Å². The second-order valence-corrected chi connectivity index (χ2v) is 8.39. The molecule has 0 saturated carbocycles. The number of likely N-dealkylation sites (tertiary alicyclic amines) is 1. The van der Waals surface area contributed by atoms with E-state index in [1.807, 2.05) is 0 Å². The first kappa shape index (κ1) is 21.9. The summed E-state index contributed by atoms with van der Waals surface area (Å²) in [7, 11) is 1.47. The highest BCUT2D eigenvalue weighted by Crippen LogP contribution is 2.36. The number of ether oxygens (including phenoxy) is 2. The molecule has 1 atom stereocenters. The summed E-state index contributed by atoms with van der Waals surface area (Å²) in [6, 6.07) is 4.15. The lowest BCUT2D eigenvalue weighted by Gasteiger charge is -2.19. The van der Waals surface area contributed by atoms with Crippen LogP contribution in [-0.4, -0.2) is 59.6 Å². The minimum absolute atomic E-state index is 0.0104. The van der Waals surface area contributed by atoms with Crippen molar-refractivity contribution < 1.29 is 23.5 Å². The number of amides is 2. The van der Waals surface area contributed by atoms with E-state index in [0.29, 0.717) is 57.4 Å². The fourth-order valence-corrected chi connectivity index (χ4v) is 4.67. The van der Waals surface area contributed by atoms with Crippen molar-refractivity contribution in [2.45, 2.75) is 19.4 Å². The fraction of sp³-hybridized carbons (Fsp3) is 0.333. The van der Waals surface area contributed by atoms with Crippen molar-refractivity contribution >= 4 is 44.9 Å². The number of fused-ring (bicyclic) bond motifs is 1. The van der Waals surface area contributed by atoms with Crippen LogP contribution in [0.5, 0.6) is 5.75 Å². The first-order valence-electron chi connectivity index (χ1n) is 9.91. The number of nitrogens with two attached hydrogens (primary N) is 1. The van der Waals surface area contributed by atoms with Crippen LogP contribution in [0.3, 0.4) is 0 Å². The third-order valence-electron chi connectivity index (χ3n) is 5.21. The lowest BCUT2D eigenvalue weighted by atomic mass is 10.2. The Morgan fingerprint density at radius 2 is 2.19 bits per heavy atom. The zero-order valence-corrected chi connectivity index (χ0v) is 18.4. The number of nitrogens with zero attached hydrogens (tertiary/aromatic N) is 3. The van der Waals surface area contributed by atoms with E-state index in [9.17, 15) is 14.0 Å². The maximum atomic E-state index is 14.0. The topological polar surface area (TPSA) is 120 Å². The van der Waals surface area contributed by atoms with Gasteiger partial charge in [-0.1, -0.05) is 0 Å². The number of rotatable bonds is 7. The first-order valence-corrected chi connectivity index (χ1v) is 10.7. The molecule has 0 aliphatic carbocycles. The molecular formula is C21H22FN5O4S. The molecule has 0 spiro atoms. The Hall–Kier alpha value is -3.31. The summed E-state index contributed by atoms with van der Waals surface area (Å²) in [5, 5.41) is 3.84. The van der Waals surface area contributed by atoms with Crippen molar-refractivity contribution in [1.29, 1.82) is 0 Å². The summed E-state index contributed by atoms with van der Waals surface area (Å²) in [6.07, 6.45) is 1.72. The molecule has 1 aliphatic rings. The number of aromatic nitrogens is 2. The van der Waals surface area contributed by atoms with Gasteiger partial charge in [-0.15, -0.1) is 11.3 Å². The Labute approximate surface area is 187 Å². The molecule has 3 aromatic rings. The summed E-state index contributed by atoms with van der Waals surface area (Å²) < 4.78 is 25.0. The van der Waals surface area contributed by atoms with E-state index in [1.165, 1.54) is 36.9 Å². The summed E-state index contributed by atoms with van der Waals surface area (Å²) in [5.41, 5.74) is 6.64. The van der Waals surface area contributed by atoms with E-state index >= 15 is 0 Å². The number of hydrogen-bond acceptors (Lipinski definition) is 8. The molecule has 2 aromatic heterocycles. The van der Waals surface area contributed by atoms with Gasteiger partial charge in [-0.2, -0.15) is 0 Å². The van der Waals surface area contributed by atoms with Gasteiger partial charge in [0.2, 0.25) is 5.91 Å². The monoisotopic (exact) mass is 459 g/mol. The van der Waals surface area contributed by atoms with Crippen LogP contribution in [0, 0.1) is 12.7 Å². The molecule has 1 saturated heterocycles. The maximum Gasteiger partial charge on any atom is 0.259 e. The van der Waals surface area contributed by atoms with Gasteiger partial charge in [0.05, 0.1) is 22.5 Å². The van der Waals surface area contributed by atoms with Crippen LogP contribution in [0.15, 0.2) is 24.5 Å². The van der Waals surface area contributed by atoms with E-state index < -0.39 is 11.7 Å². The smallest absolute Gasteiger partial charge is 0.259 e. The van der Waals surface area contributed by atoms with Crippen LogP contribution >= 0.6 is 11.3 Å². The molecule has 32 heavy (non-hydrogen) atoms. The third kappa shape index (κ3) is 4.34. The van der Waals surface area contributed by atoms with Gasteiger partial charge in [0.15, 0.2) is 0 Å². The highest BCUT2D eigenvalue weighted by atomic mass is 32.1. The molecule has 1 aliphatic heterocycles. The summed E-state index contributed by atoms with van der Waals surface area (Å²) >= 11 is 1.19. The molecule has 2 amide bonds. The molecule has 11 heteroatoms. The summed E-state index contributed by atoms with van der Waals surface area (Å²) in [5.74, 6) is -0.345. The zero-order valence-electron chi connectivity index (χ0n) is 17.6. The Bertz CT molecular complexity index is 1180. The van der Waals surface area contributed by atoms with Gasteiger partial charge in [0.1, 0.15) is 41.3 Å². The molecular weight excluding hydrogens is 437 g/mol. The number of primary amides is 1. The highest BCUT2D eigenvalue weighted by molar-refractivity contribution is 7.20. The van der Waals surface area contributed by atoms with Gasteiger partial charge < -0.3 is 25.4 Å². The highest BCUT2D eigenvalue weighted by Gasteiger charge is 2.28.